The van der Waals surface area contributed by atoms with Gasteiger partial charge >= 0.3 is 0 Å². The first kappa shape index (κ1) is 20.1. The van der Waals surface area contributed by atoms with E-state index in [0.717, 1.165) is 28.8 Å². The molecule has 0 saturated heterocycles. The Labute approximate surface area is 169 Å². The molecule has 1 unspecified atom stereocenters. The fourth-order valence-electron chi connectivity index (χ4n) is 2.95. The predicted octanol–water partition coefficient (Wildman–Crippen LogP) is 3.30. The molecule has 0 bridgehead atoms. The summed E-state index contributed by atoms with van der Waals surface area (Å²) in [5, 5.41) is 2.77. The second-order valence-electron chi connectivity index (χ2n) is 6.59. The van der Waals surface area contributed by atoms with Gasteiger partial charge in [-0.2, -0.15) is 0 Å². The van der Waals surface area contributed by atoms with E-state index in [1.807, 2.05) is 66.2 Å². The number of hydrogen-bond donors (Lipinski definition) is 1. The summed E-state index contributed by atoms with van der Waals surface area (Å²) in [7, 11) is 1.60. The molecule has 1 atom stereocenters. The van der Waals surface area contributed by atoms with Gasteiger partial charge < -0.3 is 19.4 Å². The summed E-state index contributed by atoms with van der Waals surface area (Å²) in [6.07, 6.45) is 7.64. The molecule has 6 heteroatoms. The highest BCUT2D eigenvalue weighted by Gasteiger charge is 2.11. The van der Waals surface area contributed by atoms with Crippen LogP contribution in [0, 0.1) is 6.92 Å². The molecule has 1 heterocycles. The maximum atomic E-state index is 12.2. The number of imidazole rings is 1. The van der Waals surface area contributed by atoms with Crippen molar-refractivity contribution in [3.8, 4) is 11.4 Å². The van der Waals surface area contributed by atoms with Crippen LogP contribution in [0.3, 0.4) is 0 Å². The second-order valence-corrected chi connectivity index (χ2v) is 6.59. The lowest BCUT2D eigenvalue weighted by Gasteiger charge is -2.11. The van der Waals surface area contributed by atoms with Crippen LogP contribution in [-0.4, -0.2) is 35.4 Å². The van der Waals surface area contributed by atoms with E-state index < -0.39 is 0 Å². The summed E-state index contributed by atoms with van der Waals surface area (Å²) in [6.45, 7) is 2.17. The van der Waals surface area contributed by atoms with Crippen molar-refractivity contribution in [1.29, 1.82) is 0 Å². The van der Waals surface area contributed by atoms with E-state index in [0.29, 0.717) is 5.75 Å². The number of aromatic nitrogens is 2. The van der Waals surface area contributed by atoms with E-state index in [9.17, 15) is 9.59 Å². The number of nitrogens with zero attached hydrogens (tertiary/aromatic N) is 2. The van der Waals surface area contributed by atoms with Gasteiger partial charge in [0.15, 0.2) is 0 Å². The number of carbonyl (C=O) groups excluding carboxylic acids is 2. The summed E-state index contributed by atoms with van der Waals surface area (Å²) in [5.74, 6) is 0.0441. The molecule has 148 valence electrons. The highest BCUT2D eigenvalue weighted by Crippen LogP contribution is 2.25. The summed E-state index contributed by atoms with van der Waals surface area (Å²) >= 11 is 0. The molecule has 0 fully saturated rings. The molecular weight excluding hydrogens is 366 g/mol. The Morgan fingerprint density at radius 2 is 2.03 bits per heavy atom. The first-order valence-corrected chi connectivity index (χ1v) is 9.26. The third-order valence-corrected chi connectivity index (χ3v) is 4.51. The van der Waals surface area contributed by atoms with Crippen LogP contribution in [0.25, 0.3) is 11.8 Å². The average molecular weight is 389 g/mol. The normalized spacial score (nSPS) is 11.9. The number of carbonyl (C=O) groups is 2. The SMILES string of the molecule is COc1cc(/C=C/C(=O)NCC(C=O)c2ccccc2)ccc1-n1cnc(C)c1. The van der Waals surface area contributed by atoms with Crippen molar-refractivity contribution in [2.24, 2.45) is 0 Å². The number of aryl methyl sites for hydroxylation is 1. The molecule has 2 aromatic carbocycles. The summed E-state index contributed by atoms with van der Waals surface area (Å²) < 4.78 is 7.36. The first-order chi connectivity index (χ1) is 14.1. The standard InChI is InChI=1S/C23H23N3O3/c1-17-14-26(16-25-17)21-10-8-18(12-22(21)29-2)9-11-23(28)24-13-20(15-27)19-6-4-3-5-7-19/h3-12,14-16,20H,13H2,1-2H3,(H,24,28)/b11-9+. The first-order valence-electron chi connectivity index (χ1n) is 9.26. The van der Waals surface area contributed by atoms with Gasteiger partial charge in [-0.1, -0.05) is 36.4 Å². The van der Waals surface area contributed by atoms with Gasteiger partial charge in [0.25, 0.3) is 0 Å². The molecule has 0 spiro atoms. The Balaban J connectivity index is 1.64. The highest BCUT2D eigenvalue weighted by atomic mass is 16.5. The van der Waals surface area contributed by atoms with Crippen LogP contribution in [-0.2, 0) is 9.59 Å². The van der Waals surface area contributed by atoms with Crippen molar-refractivity contribution in [2.45, 2.75) is 12.8 Å². The summed E-state index contributed by atoms with van der Waals surface area (Å²) in [5.41, 5.74) is 3.48. The molecule has 0 aliphatic heterocycles. The second kappa shape index (κ2) is 9.50. The Morgan fingerprint density at radius 3 is 2.69 bits per heavy atom. The van der Waals surface area contributed by atoms with E-state index in [-0.39, 0.29) is 18.4 Å². The topological polar surface area (TPSA) is 73.2 Å². The monoisotopic (exact) mass is 389 g/mol. The van der Waals surface area contributed by atoms with Gasteiger partial charge in [0.1, 0.15) is 12.0 Å². The Morgan fingerprint density at radius 1 is 1.24 bits per heavy atom. The van der Waals surface area contributed by atoms with Gasteiger partial charge in [-0.3, -0.25) is 4.79 Å². The number of aldehydes is 1. The van der Waals surface area contributed by atoms with Crippen molar-refractivity contribution >= 4 is 18.3 Å². The average Bonchev–Trinajstić information content (AvgIpc) is 3.19. The van der Waals surface area contributed by atoms with Crippen molar-refractivity contribution in [1.82, 2.24) is 14.9 Å². The van der Waals surface area contributed by atoms with Crippen molar-refractivity contribution in [2.75, 3.05) is 13.7 Å². The lowest BCUT2D eigenvalue weighted by atomic mass is 10.0. The molecule has 0 aliphatic carbocycles. The molecule has 1 amide bonds. The molecule has 0 aliphatic rings. The highest BCUT2D eigenvalue weighted by molar-refractivity contribution is 5.92. The molecule has 29 heavy (non-hydrogen) atoms. The van der Waals surface area contributed by atoms with Gasteiger partial charge in [-0.15, -0.1) is 0 Å². The minimum atomic E-state index is -0.369. The van der Waals surface area contributed by atoms with Crippen LogP contribution in [0.1, 0.15) is 22.7 Å². The number of rotatable bonds is 8. The van der Waals surface area contributed by atoms with Gasteiger partial charge in [0.05, 0.1) is 30.7 Å². The molecule has 3 aromatic rings. The predicted molar refractivity (Wildman–Crippen MR) is 112 cm³/mol. The fourth-order valence-corrected chi connectivity index (χ4v) is 2.95. The van der Waals surface area contributed by atoms with Gasteiger partial charge in [0.2, 0.25) is 5.91 Å². The third kappa shape index (κ3) is 5.19. The van der Waals surface area contributed by atoms with Crippen LogP contribution in [0.4, 0.5) is 0 Å². The lowest BCUT2D eigenvalue weighted by molar-refractivity contribution is -0.116. The zero-order valence-corrected chi connectivity index (χ0v) is 16.4. The van der Waals surface area contributed by atoms with Crippen molar-refractivity contribution in [3.05, 3.63) is 84.0 Å². The van der Waals surface area contributed by atoms with E-state index in [1.54, 1.807) is 19.5 Å². The molecular formula is C23H23N3O3. The van der Waals surface area contributed by atoms with Crippen molar-refractivity contribution in [3.63, 3.8) is 0 Å². The van der Waals surface area contributed by atoms with Crippen LogP contribution in [0.15, 0.2) is 67.1 Å². The smallest absolute Gasteiger partial charge is 0.244 e. The van der Waals surface area contributed by atoms with E-state index in [2.05, 4.69) is 10.3 Å². The van der Waals surface area contributed by atoms with Crippen molar-refractivity contribution < 1.29 is 14.3 Å². The Kier molecular flexibility index (Phi) is 6.58. The van der Waals surface area contributed by atoms with Gasteiger partial charge in [-0.05, 0) is 36.3 Å². The fraction of sp³-hybridized carbons (Fsp3) is 0.174. The number of nitrogens with one attached hydrogen (secondary N) is 1. The summed E-state index contributed by atoms with van der Waals surface area (Å²) in [4.78, 5) is 27.7. The number of methoxy groups -OCH3 is 1. The molecule has 0 saturated carbocycles. The van der Waals surface area contributed by atoms with Crippen LogP contribution in [0.2, 0.25) is 0 Å². The number of amides is 1. The Hall–Kier alpha value is -3.67. The minimum Gasteiger partial charge on any atom is -0.495 e. The zero-order valence-electron chi connectivity index (χ0n) is 16.4. The van der Waals surface area contributed by atoms with E-state index in [4.69, 9.17) is 4.74 Å². The maximum Gasteiger partial charge on any atom is 0.244 e. The minimum absolute atomic E-state index is 0.249. The number of ether oxygens (including phenoxy) is 1. The van der Waals surface area contributed by atoms with Gasteiger partial charge in [0, 0.05) is 18.8 Å². The van der Waals surface area contributed by atoms with E-state index >= 15 is 0 Å². The number of hydrogen-bond acceptors (Lipinski definition) is 4. The largest absolute Gasteiger partial charge is 0.495 e. The van der Waals surface area contributed by atoms with E-state index in [1.165, 1.54) is 6.08 Å². The zero-order chi connectivity index (χ0) is 20.6. The molecule has 3 rings (SSSR count). The molecule has 1 aromatic heterocycles. The maximum absolute atomic E-state index is 12.2. The van der Waals surface area contributed by atoms with Crippen LogP contribution >= 0.6 is 0 Å². The van der Waals surface area contributed by atoms with Gasteiger partial charge in [-0.25, -0.2) is 4.98 Å². The molecule has 1 N–H and O–H groups in total. The summed E-state index contributed by atoms with van der Waals surface area (Å²) in [6, 6.07) is 15.0. The third-order valence-electron chi connectivity index (χ3n) is 4.51. The number of benzene rings is 2. The van der Waals surface area contributed by atoms with Crippen LogP contribution in [0.5, 0.6) is 5.75 Å². The lowest BCUT2D eigenvalue weighted by Crippen LogP contribution is -2.27. The van der Waals surface area contributed by atoms with Crippen LogP contribution < -0.4 is 10.1 Å². The quantitative estimate of drug-likeness (QED) is 0.474. The molecule has 0 radical (unpaired) electrons. The Bertz CT molecular complexity index is 1010. The molecule has 6 nitrogen and oxygen atoms in total.